The lowest BCUT2D eigenvalue weighted by Crippen LogP contribution is -2.36. The average molecular weight is 480 g/mol. The number of carbonyl (C=O) groups is 2. The molecule has 0 aliphatic heterocycles. The van der Waals surface area contributed by atoms with Crippen molar-refractivity contribution in [1.82, 2.24) is 4.98 Å². The number of esters is 1. The summed E-state index contributed by atoms with van der Waals surface area (Å²) in [6.07, 6.45) is -0.0439. The smallest absolute Gasteiger partial charge is 0.309 e. The quantitative estimate of drug-likeness (QED) is 0.334. The van der Waals surface area contributed by atoms with Gasteiger partial charge < -0.3 is 19.3 Å². The Hall–Kier alpha value is -3.23. The van der Waals surface area contributed by atoms with Crippen LogP contribution in [-0.4, -0.2) is 40.7 Å². The van der Waals surface area contributed by atoms with E-state index in [2.05, 4.69) is 4.98 Å². The summed E-state index contributed by atoms with van der Waals surface area (Å²) in [5, 5.41) is 10.2. The Labute approximate surface area is 198 Å². The minimum atomic E-state index is -0.850. The monoisotopic (exact) mass is 479 g/mol. The second kappa shape index (κ2) is 12.3. The third-order valence-corrected chi connectivity index (χ3v) is 5.05. The summed E-state index contributed by atoms with van der Waals surface area (Å²) < 4.78 is 44.0. The van der Waals surface area contributed by atoms with Crippen LogP contribution >= 0.6 is 0 Å². The second-order valence-corrected chi connectivity index (χ2v) is 8.47. The predicted molar refractivity (Wildman–Crippen MR) is 121 cm³/mol. The molecule has 0 radical (unpaired) electrons. The van der Waals surface area contributed by atoms with Crippen LogP contribution in [0.5, 0.6) is 17.2 Å². The first-order valence-electron chi connectivity index (χ1n) is 11.2. The number of hydrogen-bond acceptors (Lipinski definition) is 7. The Morgan fingerprint density at radius 2 is 1.79 bits per heavy atom. The summed E-state index contributed by atoms with van der Waals surface area (Å²) in [7, 11) is 0. The largest absolute Gasteiger partial charge is 0.503 e. The number of aromatic nitrogens is 1. The fourth-order valence-corrected chi connectivity index (χ4v) is 3.28. The predicted octanol–water partition coefficient (Wildman–Crippen LogP) is 5.10. The summed E-state index contributed by atoms with van der Waals surface area (Å²) >= 11 is 0. The molecule has 1 aromatic heterocycles. The van der Waals surface area contributed by atoms with Gasteiger partial charge >= 0.3 is 5.97 Å². The van der Waals surface area contributed by atoms with Gasteiger partial charge in [0, 0.05) is 24.8 Å². The maximum absolute atomic E-state index is 14.1. The first-order chi connectivity index (χ1) is 16.0. The van der Waals surface area contributed by atoms with Crippen LogP contribution < -0.4 is 9.47 Å². The number of pyridine rings is 1. The van der Waals surface area contributed by atoms with E-state index in [9.17, 15) is 23.5 Å². The molecule has 2 aromatic rings. The molecule has 34 heavy (non-hydrogen) atoms. The summed E-state index contributed by atoms with van der Waals surface area (Å²) in [4.78, 5) is 29.2. The highest BCUT2D eigenvalue weighted by Crippen LogP contribution is 2.30. The molecule has 0 amide bonds. The van der Waals surface area contributed by atoms with Gasteiger partial charge in [-0.3, -0.25) is 9.59 Å². The van der Waals surface area contributed by atoms with E-state index in [0.29, 0.717) is 13.0 Å². The zero-order chi connectivity index (χ0) is 25.4. The molecule has 1 N–H and O–H groups in total. The molecule has 7 nitrogen and oxygen atoms in total. The molecule has 0 bridgehead atoms. The van der Waals surface area contributed by atoms with Gasteiger partial charge in [-0.2, -0.15) is 0 Å². The number of halogens is 2. The molecule has 0 unspecified atom stereocenters. The first-order valence-corrected chi connectivity index (χ1v) is 11.2. The molecule has 186 valence electrons. The van der Waals surface area contributed by atoms with E-state index in [-0.39, 0.29) is 35.3 Å². The third kappa shape index (κ3) is 7.40. The van der Waals surface area contributed by atoms with Crippen LogP contribution in [0.3, 0.4) is 0 Å². The standard InChI is InChI=1S/C25H31F2NO6/c1-6-32-20-9-10-28-23(24(20)30)19(29)12-15(4)25(31)33-16(5)21(11-14(2)3)34-22-13-17(26)7-8-18(22)27/h7-10,13-16,21,30H,6,11-12H2,1-5H3/t15-,16+,21-/m1/s1. The van der Waals surface area contributed by atoms with E-state index in [1.807, 2.05) is 13.8 Å². The number of carbonyl (C=O) groups excluding carboxylic acids is 2. The van der Waals surface area contributed by atoms with Crippen molar-refractivity contribution in [2.75, 3.05) is 6.61 Å². The maximum atomic E-state index is 14.1. The Kier molecular flexibility index (Phi) is 9.77. The van der Waals surface area contributed by atoms with Crippen LogP contribution in [0, 0.1) is 23.5 Å². The van der Waals surface area contributed by atoms with E-state index in [1.54, 1.807) is 13.8 Å². The number of ether oxygens (including phenoxy) is 3. The van der Waals surface area contributed by atoms with Crippen LogP contribution in [0.2, 0.25) is 0 Å². The van der Waals surface area contributed by atoms with E-state index in [1.165, 1.54) is 19.2 Å². The third-order valence-electron chi connectivity index (χ3n) is 5.05. The van der Waals surface area contributed by atoms with Crippen LogP contribution in [-0.2, 0) is 9.53 Å². The number of rotatable bonds is 12. The van der Waals surface area contributed by atoms with Crippen molar-refractivity contribution in [3.05, 3.63) is 47.8 Å². The van der Waals surface area contributed by atoms with Crippen LogP contribution in [0.15, 0.2) is 30.5 Å². The Bertz CT molecular complexity index is 997. The van der Waals surface area contributed by atoms with Crippen molar-refractivity contribution >= 4 is 11.8 Å². The second-order valence-electron chi connectivity index (χ2n) is 8.47. The Balaban J connectivity index is 2.07. The Morgan fingerprint density at radius 1 is 1.09 bits per heavy atom. The Morgan fingerprint density at radius 3 is 2.44 bits per heavy atom. The van der Waals surface area contributed by atoms with Gasteiger partial charge in [0.05, 0.1) is 12.5 Å². The molecule has 1 heterocycles. The van der Waals surface area contributed by atoms with Gasteiger partial charge in [-0.05, 0) is 38.3 Å². The molecular weight excluding hydrogens is 448 g/mol. The van der Waals surface area contributed by atoms with Gasteiger partial charge in [0.25, 0.3) is 0 Å². The summed E-state index contributed by atoms with van der Waals surface area (Å²) in [6, 6.07) is 4.32. The van der Waals surface area contributed by atoms with Crippen LogP contribution in [0.1, 0.15) is 57.9 Å². The van der Waals surface area contributed by atoms with Crippen molar-refractivity contribution in [1.29, 1.82) is 0 Å². The minimum absolute atomic E-state index is 0.119. The number of nitrogens with zero attached hydrogens (tertiary/aromatic N) is 1. The minimum Gasteiger partial charge on any atom is -0.503 e. The van der Waals surface area contributed by atoms with Crippen molar-refractivity contribution < 1.29 is 37.7 Å². The van der Waals surface area contributed by atoms with Crippen molar-refractivity contribution in [3.8, 4) is 17.2 Å². The summed E-state index contributed by atoms with van der Waals surface area (Å²) in [5.41, 5.74) is -0.193. The number of aromatic hydroxyl groups is 1. The van der Waals surface area contributed by atoms with Gasteiger partial charge in [-0.15, -0.1) is 0 Å². The average Bonchev–Trinajstić information content (AvgIpc) is 2.76. The topological polar surface area (TPSA) is 95.0 Å². The number of Topliss-reactive ketones (excluding diaryl/α,β-unsaturated/α-hetero) is 1. The molecule has 9 heteroatoms. The van der Waals surface area contributed by atoms with Gasteiger partial charge in [-0.1, -0.05) is 20.8 Å². The van der Waals surface area contributed by atoms with Crippen molar-refractivity contribution in [3.63, 3.8) is 0 Å². The zero-order valence-corrected chi connectivity index (χ0v) is 20.0. The fourth-order valence-electron chi connectivity index (χ4n) is 3.28. The molecule has 0 aliphatic rings. The number of hydrogen-bond donors (Lipinski definition) is 1. The lowest BCUT2D eigenvalue weighted by molar-refractivity contribution is -0.157. The molecular formula is C25H31F2NO6. The van der Waals surface area contributed by atoms with E-state index in [0.717, 1.165) is 18.2 Å². The van der Waals surface area contributed by atoms with Gasteiger partial charge in [0.2, 0.25) is 0 Å². The molecule has 0 fully saturated rings. The van der Waals surface area contributed by atoms with Crippen LogP contribution in [0.4, 0.5) is 8.78 Å². The molecule has 1 aromatic carbocycles. The van der Waals surface area contributed by atoms with E-state index in [4.69, 9.17) is 14.2 Å². The van der Waals surface area contributed by atoms with Gasteiger partial charge in [-0.25, -0.2) is 13.8 Å². The highest BCUT2D eigenvalue weighted by atomic mass is 19.1. The zero-order valence-electron chi connectivity index (χ0n) is 20.0. The molecule has 0 spiro atoms. The number of benzene rings is 1. The molecule has 2 rings (SSSR count). The fraction of sp³-hybridized carbons (Fsp3) is 0.480. The van der Waals surface area contributed by atoms with E-state index >= 15 is 0 Å². The van der Waals surface area contributed by atoms with Crippen molar-refractivity contribution in [2.24, 2.45) is 11.8 Å². The van der Waals surface area contributed by atoms with Crippen molar-refractivity contribution in [2.45, 2.75) is 59.7 Å². The summed E-state index contributed by atoms with van der Waals surface area (Å²) in [6.45, 7) is 8.98. The van der Waals surface area contributed by atoms with Crippen LogP contribution in [0.25, 0.3) is 0 Å². The SMILES string of the molecule is CCOc1ccnc(C(=O)C[C@@H](C)C(=O)O[C@@H](C)[C@@H](CC(C)C)Oc2cc(F)ccc2F)c1O. The first kappa shape index (κ1) is 27.0. The highest BCUT2D eigenvalue weighted by molar-refractivity contribution is 5.99. The lowest BCUT2D eigenvalue weighted by atomic mass is 10.0. The summed E-state index contributed by atoms with van der Waals surface area (Å²) in [5.74, 6) is -3.85. The lowest BCUT2D eigenvalue weighted by Gasteiger charge is -2.27. The maximum Gasteiger partial charge on any atom is 0.309 e. The number of ketones is 1. The molecule has 0 saturated carbocycles. The van der Waals surface area contributed by atoms with E-state index < -0.39 is 41.5 Å². The van der Waals surface area contributed by atoms with Gasteiger partial charge in [0.1, 0.15) is 18.0 Å². The highest BCUT2D eigenvalue weighted by Gasteiger charge is 2.29. The van der Waals surface area contributed by atoms with Gasteiger partial charge in [0.15, 0.2) is 34.5 Å². The molecule has 0 saturated heterocycles. The molecule has 3 atom stereocenters. The molecule has 0 aliphatic carbocycles. The normalized spacial score (nSPS) is 13.8.